The molecule has 0 radical (unpaired) electrons. The average Bonchev–Trinajstić information content (AvgIpc) is 2.97. The van der Waals surface area contributed by atoms with Gasteiger partial charge in [0, 0.05) is 19.3 Å². The number of rotatable bonds is 5. The number of sulfonamides is 1. The van der Waals surface area contributed by atoms with Crippen molar-refractivity contribution < 1.29 is 8.42 Å². The maximum atomic E-state index is 12.2. The van der Waals surface area contributed by atoms with Gasteiger partial charge in [-0.2, -0.15) is 0 Å². The van der Waals surface area contributed by atoms with Gasteiger partial charge < -0.3 is 5.73 Å². The first-order valence-electron chi connectivity index (χ1n) is 6.17. The number of nitrogens with zero attached hydrogens (tertiary/aromatic N) is 1. The molecule has 1 aliphatic carbocycles. The Hall–Kier alpha value is -1.07. The highest BCUT2D eigenvalue weighted by atomic mass is 32.2. The van der Waals surface area contributed by atoms with Crippen molar-refractivity contribution in [2.24, 2.45) is 11.8 Å². The summed E-state index contributed by atoms with van der Waals surface area (Å²) in [6.45, 7) is 2.77. The maximum Gasteiger partial charge on any atom is 0.218 e. The lowest BCUT2D eigenvalue weighted by Gasteiger charge is -2.17. The first kappa shape index (κ1) is 13.4. The van der Waals surface area contributed by atoms with E-state index in [0.717, 1.165) is 6.42 Å². The monoisotopic (exact) mass is 268 g/mol. The third-order valence-electron chi connectivity index (χ3n) is 3.64. The van der Waals surface area contributed by atoms with Gasteiger partial charge >= 0.3 is 0 Å². The quantitative estimate of drug-likeness (QED) is 0.826. The van der Waals surface area contributed by atoms with Gasteiger partial charge in [0.15, 0.2) is 0 Å². The standard InChI is InChI=1S/C13H20N2O2S/c1-10-7-12(10)8-15(2)18(16,17)9-11-5-3-4-6-13(11)14/h3-6,10,12H,7-9,14H2,1-2H3. The van der Waals surface area contributed by atoms with Crippen molar-refractivity contribution in [2.75, 3.05) is 19.3 Å². The SMILES string of the molecule is CC1CC1CN(C)S(=O)(=O)Cc1ccccc1N. The number of benzene rings is 1. The second-order valence-corrected chi connectivity index (χ2v) is 7.28. The molecule has 0 amide bonds. The molecule has 100 valence electrons. The molecule has 0 aliphatic heterocycles. The van der Waals surface area contributed by atoms with E-state index in [0.29, 0.717) is 29.6 Å². The number of hydrogen-bond donors (Lipinski definition) is 1. The van der Waals surface area contributed by atoms with Gasteiger partial charge in [0.1, 0.15) is 0 Å². The van der Waals surface area contributed by atoms with Crippen LogP contribution in [0.15, 0.2) is 24.3 Å². The molecule has 0 saturated heterocycles. The van der Waals surface area contributed by atoms with Gasteiger partial charge in [-0.1, -0.05) is 25.1 Å². The van der Waals surface area contributed by atoms with Gasteiger partial charge in [0.2, 0.25) is 10.0 Å². The van der Waals surface area contributed by atoms with Crippen LogP contribution in [-0.4, -0.2) is 26.3 Å². The van der Waals surface area contributed by atoms with E-state index < -0.39 is 10.0 Å². The second-order valence-electron chi connectivity index (χ2n) is 5.21. The number of nitrogen functional groups attached to an aromatic ring is 1. The molecular weight excluding hydrogens is 248 g/mol. The van der Waals surface area contributed by atoms with Crippen molar-refractivity contribution in [2.45, 2.75) is 19.1 Å². The van der Waals surface area contributed by atoms with Gasteiger partial charge in [-0.05, 0) is 29.9 Å². The Bertz CT molecular complexity index is 528. The number of hydrogen-bond acceptors (Lipinski definition) is 3. The predicted octanol–water partition coefficient (Wildman–Crippen LogP) is 1.69. The third-order valence-corrected chi connectivity index (χ3v) is 5.41. The molecule has 0 aromatic heterocycles. The molecule has 0 spiro atoms. The molecule has 2 N–H and O–H groups in total. The van der Waals surface area contributed by atoms with Crippen molar-refractivity contribution in [1.82, 2.24) is 4.31 Å². The van der Waals surface area contributed by atoms with Crippen molar-refractivity contribution in [3.63, 3.8) is 0 Å². The number of nitrogens with two attached hydrogens (primary N) is 1. The number of anilines is 1. The molecule has 0 bridgehead atoms. The van der Waals surface area contributed by atoms with Crippen LogP contribution in [0.1, 0.15) is 18.9 Å². The van der Waals surface area contributed by atoms with Crippen LogP contribution >= 0.6 is 0 Å². The van der Waals surface area contributed by atoms with E-state index in [9.17, 15) is 8.42 Å². The van der Waals surface area contributed by atoms with Crippen LogP contribution in [0.5, 0.6) is 0 Å². The summed E-state index contributed by atoms with van der Waals surface area (Å²) in [5.41, 5.74) is 6.99. The lowest BCUT2D eigenvalue weighted by molar-refractivity contribution is 0.444. The summed E-state index contributed by atoms with van der Waals surface area (Å²) >= 11 is 0. The lowest BCUT2D eigenvalue weighted by Crippen LogP contribution is -2.30. The van der Waals surface area contributed by atoms with E-state index in [2.05, 4.69) is 6.92 Å². The van der Waals surface area contributed by atoms with Crippen molar-refractivity contribution in [1.29, 1.82) is 0 Å². The molecule has 2 unspecified atom stereocenters. The summed E-state index contributed by atoms with van der Waals surface area (Å²) in [5.74, 6) is 1.17. The molecule has 2 atom stereocenters. The molecule has 1 aromatic carbocycles. The molecule has 1 saturated carbocycles. The van der Waals surface area contributed by atoms with Gasteiger partial charge in [-0.3, -0.25) is 0 Å². The average molecular weight is 268 g/mol. The summed E-state index contributed by atoms with van der Waals surface area (Å²) in [5, 5.41) is 0. The minimum absolute atomic E-state index is 0.0166. The van der Waals surface area contributed by atoms with Crippen LogP contribution in [-0.2, 0) is 15.8 Å². The minimum atomic E-state index is -3.26. The maximum absolute atomic E-state index is 12.2. The second kappa shape index (κ2) is 4.90. The van der Waals surface area contributed by atoms with E-state index >= 15 is 0 Å². The van der Waals surface area contributed by atoms with E-state index in [1.165, 1.54) is 4.31 Å². The highest BCUT2D eigenvalue weighted by Crippen LogP contribution is 2.38. The zero-order valence-electron chi connectivity index (χ0n) is 10.8. The first-order valence-corrected chi connectivity index (χ1v) is 7.78. The molecule has 5 heteroatoms. The van der Waals surface area contributed by atoms with Crippen LogP contribution in [0, 0.1) is 11.8 Å². The fourth-order valence-corrected chi connectivity index (χ4v) is 3.36. The van der Waals surface area contributed by atoms with Crippen molar-refractivity contribution >= 4 is 15.7 Å². The largest absolute Gasteiger partial charge is 0.398 e. The van der Waals surface area contributed by atoms with Crippen LogP contribution in [0.3, 0.4) is 0 Å². The van der Waals surface area contributed by atoms with E-state index in [1.54, 1.807) is 25.2 Å². The lowest BCUT2D eigenvalue weighted by atomic mass is 10.2. The summed E-state index contributed by atoms with van der Waals surface area (Å²) in [6, 6.07) is 7.11. The summed E-state index contributed by atoms with van der Waals surface area (Å²) in [4.78, 5) is 0. The molecule has 1 fully saturated rings. The minimum Gasteiger partial charge on any atom is -0.398 e. The van der Waals surface area contributed by atoms with Crippen LogP contribution in [0.4, 0.5) is 5.69 Å². The van der Waals surface area contributed by atoms with Crippen LogP contribution in [0.2, 0.25) is 0 Å². The molecule has 18 heavy (non-hydrogen) atoms. The Morgan fingerprint density at radius 2 is 2.00 bits per heavy atom. The van der Waals surface area contributed by atoms with Crippen LogP contribution < -0.4 is 5.73 Å². The zero-order valence-corrected chi connectivity index (χ0v) is 11.7. The fourth-order valence-electron chi connectivity index (χ4n) is 2.07. The van der Waals surface area contributed by atoms with Crippen molar-refractivity contribution in [3.05, 3.63) is 29.8 Å². The Morgan fingerprint density at radius 1 is 1.39 bits per heavy atom. The van der Waals surface area contributed by atoms with Gasteiger partial charge in [0.05, 0.1) is 5.75 Å². The normalized spacial score (nSPS) is 23.3. The molecule has 0 heterocycles. The Balaban J connectivity index is 2.05. The number of para-hydroxylation sites is 1. The highest BCUT2D eigenvalue weighted by Gasteiger charge is 2.35. The topological polar surface area (TPSA) is 63.4 Å². The molecule has 2 rings (SSSR count). The van der Waals surface area contributed by atoms with Gasteiger partial charge in [0.25, 0.3) is 0 Å². The molecule has 4 nitrogen and oxygen atoms in total. The summed E-state index contributed by atoms with van der Waals surface area (Å²) < 4.78 is 25.9. The Kier molecular flexibility index (Phi) is 3.64. The predicted molar refractivity (Wildman–Crippen MR) is 73.4 cm³/mol. The molecule has 1 aromatic rings. The van der Waals surface area contributed by atoms with Gasteiger partial charge in [-0.25, -0.2) is 12.7 Å². The molecular formula is C13H20N2O2S. The molecule has 1 aliphatic rings. The van der Waals surface area contributed by atoms with Crippen LogP contribution in [0.25, 0.3) is 0 Å². The summed E-state index contributed by atoms with van der Waals surface area (Å²) in [7, 11) is -1.61. The zero-order chi connectivity index (χ0) is 13.3. The smallest absolute Gasteiger partial charge is 0.218 e. The Labute approximate surface area is 109 Å². The van der Waals surface area contributed by atoms with Gasteiger partial charge in [-0.15, -0.1) is 0 Å². The Morgan fingerprint density at radius 3 is 2.56 bits per heavy atom. The highest BCUT2D eigenvalue weighted by molar-refractivity contribution is 7.88. The first-order chi connectivity index (χ1) is 8.40. The van der Waals surface area contributed by atoms with E-state index in [-0.39, 0.29) is 5.75 Å². The van der Waals surface area contributed by atoms with Crippen molar-refractivity contribution in [3.8, 4) is 0 Å². The third kappa shape index (κ3) is 3.03. The van der Waals surface area contributed by atoms with E-state index in [4.69, 9.17) is 5.73 Å². The van der Waals surface area contributed by atoms with E-state index in [1.807, 2.05) is 6.07 Å². The summed E-state index contributed by atoms with van der Waals surface area (Å²) in [6.07, 6.45) is 1.13. The fraction of sp³-hybridized carbons (Fsp3) is 0.538.